The van der Waals surface area contributed by atoms with E-state index in [1.807, 2.05) is 0 Å². The first-order valence-corrected chi connectivity index (χ1v) is 6.12. The van der Waals surface area contributed by atoms with Crippen molar-refractivity contribution in [3.05, 3.63) is 29.6 Å². The highest BCUT2D eigenvalue weighted by Gasteiger charge is 2.16. The summed E-state index contributed by atoms with van der Waals surface area (Å²) >= 11 is 0. The highest BCUT2D eigenvalue weighted by atomic mass is 19.1. The number of ether oxygens (including phenoxy) is 2. The van der Waals surface area contributed by atoms with Crippen molar-refractivity contribution in [2.45, 2.75) is 19.8 Å². The van der Waals surface area contributed by atoms with Crippen LogP contribution in [0.25, 0.3) is 0 Å². The lowest BCUT2D eigenvalue weighted by Crippen LogP contribution is -2.21. The summed E-state index contributed by atoms with van der Waals surface area (Å²) in [5.41, 5.74) is 3.44. The highest BCUT2D eigenvalue weighted by Crippen LogP contribution is 2.25. The summed E-state index contributed by atoms with van der Waals surface area (Å²) < 4.78 is 23.5. The van der Waals surface area contributed by atoms with Gasteiger partial charge in [0.25, 0.3) is 0 Å². The largest absolute Gasteiger partial charge is 0.493 e. The Bertz CT molecular complexity index is 503. The highest BCUT2D eigenvalue weighted by molar-refractivity contribution is 6.03. The standard InChI is InChI=1S/C13H15FN2O3/c1-2-18-13(17)16-15-11-4-3-7-19-12-6-5-9(14)8-10(11)12/h5-6,8H,2-4,7H2,1H3,(H,16,17)/b15-11-. The van der Waals surface area contributed by atoms with E-state index >= 15 is 0 Å². The molecule has 0 spiro atoms. The molecule has 0 bridgehead atoms. The van der Waals surface area contributed by atoms with Crippen molar-refractivity contribution in [1.29, 1.82) is 0 Å². The molecule has 0 atom stereocenters. The maximum Gasteiger partial charge on any atom is 0.427 e. The van der Waals surface area contributed by atoms with Crippen LogP contribution in [0.3, 0.4) is 0 Å². The number of nitrogens with zero attached hydrogens (tertiary/aromatic N) is 1. The molecule has 1 aromatic carbocycles. The number of rotatable bonds is 2. The summed E-state index contributed by atoms with van der Waals surface area (Å²) in [4.78, 5) is 11.2. The average Bonchev–Trinajstić information content (AvgIpc) is 2.59. The van der Waals surface area contributed by atoms with Crippen LogP contribution in [0.5, 0.6) is 5.75 Å². The van der Waals surface area contributed by atoms with E-state index in [1.54, 1.807) is 13.0 Å². The summed E-state index contributed by atoms with van der Waals surface area (Å²) in [5.74, 6) is 0.205. The van der Waals surface area contributed by atoms with E-state index in [9.17, 15) is 9.18 Å². The lowest BCUT2D eigenvalue weighted by Gasteiger charge is -2.08. The molecular weight excluding hydrogens is 251 g/mol. The van der Waals surface area contributed by atoms with Gasteiger partial charge in [-0.15, -0.1) is 0 Å². The third-order valence-corrected chi connectivity index (χ3v) is 2.63. The predicted molar refractivity (Wildman–Crippen MR) is 67.8 cm³/mol. The molecule has 1 heterocycles. The fourth-order valence-electron chi connectivity index (χ4n) is 1.80. The van der Waals surface area contributed by atoms with Gasteiger partial charge in [0, 0.05) is 5.56 Å². The van der Waals surface area contributed by atoms with Gasteiger partial charge in [-0.1, -0.05) is 0 Å². The number of hydrogen-bond donors (Lipinski definition) is 1. The predicted octanol–water partition coefficient (Wildman–Crippen LogP) is 2.45. The molecule has 1 aliphatic rings. The molecule has 0 saturated carbocycles. The van der Waals surface area contributed by atoms with Crippen LogP contribution in [0.4, 0.5) is 9.18 Å². The lowest BCUT2D eigenvalue weighted by molar-refractivity contribution is 0.152. The summed E-state index contributed by atoms with van der Waals surface area (Å²) in [6.45, 7) is 2.51. The third kappa shape index (κ3) is 3.43. The van der Waals surface area contributed by atoms with Gasteiger partial charge < -0.3 is 9.47 Å². The Hall–Kier alpha value is -2.11. The van der Waals surface area contributed by atoms with E-state index < -0.39 is 6.09 Å². The molecule has 1 amide bonds. The Kier molecular flexibility index (Phi) is 4.33. The number of hydrazone groups is 1. The van der Waals surface area contributed by atoms with Crippen LogP contribution >= 0.6 is 0 Å². The SMILES string of the molecule is CCOC(=O)N/N=C1/CCCOc2ccc(F)cc21. The molecule has 1 aliphatic heterocycles. The molecule has 0 aliphatic carbocycles. The van der Waals surface area contributed by atoms with Crippen molar-refractivity contribution < 1.29 is 18.7 Å². The van der Waals surface area contributed by atoms with Gasteiger partial charge in [0.1, 0.15) is 11.6 Å². The summed E-state index contributed by atoms with van der Waals surface area (Å²) in [5, 5.41) is 3.99. The molecule has 5 nitrogen and oxygen atoms in total. The molecule has 0 fully saturated rings. The molecule has 19 heavy (non-hydrogen) atoms. The maximum atomic E-state index is 13.3. The molecule has 0 radical (unpaired) electrons. The first-order chi connectivity index (χ1) is 9.20. The minimum Gasteiger partial charge on any atom is -0.493 e. The smallest absolute Gasteiger partial charge is 0.427 e. The Labute approximate surface area is 110 Å². The zero-order valence-electron chi connectivity index (χ0n) is 10.6. The molecule has 0 aromatic heterocycles. The monoisotopic (exact) mass is 266 g/mol. The molecule has 0 saturated heterocycles. The second kappa shape index (κ2) is 6.17. The van der Waals surface area contributed by atoms with Gasteiger partial charge in [-0.3, -0.25) is 0 Å². The molecule has 1 N–H and O–H groups in total. The zero-order chi connectivity index (χ0) is 13.7. The van der Waals surface area contributed by atoms with Crippen molar-refractivity contribution in [2.75, 3.05) is 13.2 Å². The van der Waals surface area contributed by atoms with Crippen molar-refractivity contribution >= 4 is 11.8 Å². The number of nitrogens with one attached hydrogen (secondary N) is 1. The topological polar surface area (TPSA) is 59.9 Å². The van der Waals surface area contributed by atoms with Crippen LogP contribution in [0.1, 0.15) is 25.3 Å². The van der Waals surface area contributed by atoms with Crippen LogP contribution in [0.15, 0.2) is 23.3 Å². The number of halogens is 1. The second-order valence-corrected chi connectivity index (χ2v) is 3.98. The fraction of sp³-hybridized carbons (Fsp3) is 0.385. The van der Waals surface area contributed by atoms with Gasteiger partial charge in [-0.25, -0.2) is 14.6 Å². The number of amides is 1. The minimum atomic E-state index is -0.627. The number of carbonyl (C=O) groups excluding carboxylic acids is 1. The van der Waals surface area contributed by atoms with E-state index in [2.05, 4.69) is 10.5 Å². The summed E-state index contributed by atoms with van der Waals surface area (Å²) in [6.07, 6.45) is 0.723. The van der Waals surface area contributed by atoms with Crippen molar-refractivity contribution in [2.24, 2.45) is 5.10 Å². The van der Waals surface area contributed by atoms with E-state index in [0.717, 1.165) is 6.42 Å². The fourth-order valence-corrected chi connectivity index (χ4v) is 1.80. The summed E-state index contributed by atoms with van der Waals surface area (Å²) in [7, 11) is 0. The first-order valence-electron chi connectivity index (χ1n) is 6.12. The van der Waals surface area contributed by atoms with E-state index in [0.29, 0.717) is 30.1 Å². The first kappa shape index (κ1) is 13.3. The number of hydrogen-bond acceptors (Lipinski definition) is 4. The number of fused-ring (bicyclic) bond motifs is 1. The number of carbonyl (C=O) groups is 1. The van der Waals surface area contributed by atoms with Gasteiger partial charge in [0.05, 0.1) is 18.9 Å². The van der Waals surface area contributed by atoms with E-state index in [1.165, 1.54) is 12.1 Å². The van der Waals surface area contributed by atoms with Crippen LogP contribution in [0, 0.1) is 5.82 Å². The maximum absolute atomic E-state index is 13.3. The van der Waals surface area contributed by atoms with Gasteiger partial charge in [0.2, 0.25) is 0 Å². The second-order valence-electron chi connectivity index (χ2n) is 3.98. The molecule has 1 aromatic rings. The van der Waals surface area contributed by atoms with Gasteiger partial charge in [0.15, 0.2) is 0 Å². The Balaban J connectivity index is 2.23. The number of benzene rings is 1. The van der Waals surface area contributed by atoms with E-state index in [4.69, 9.17) is 9.47 Å². The molecule has 6 heteroatoms. The Morgan fingerprint density at radius 1 is 1.58 bits per heavy atom. The molecule has 0 unspecified atom stereocenters. The van der Waals surface area contributed by atoms with Crippen LogP contribution < -0.4 is 10.2 Å². The van der Waals surface area contributed by atoms with Crippen molar-refractivity contribution in [3.8, 4) is 5.75 Å². The molecule has 102 valence electrons. The summed E-state index contributed by atoms with van der Waals surface area (Å²) in [6, 6.07) is 4.25. The van der Waals surface area contributed by atoms with Crippen molar-refractivity contribution in [1.82, 2.24) is 5.43 Å². The van der Waals surface area contributed by atoms with Crippen LogP contribution in [-0.2, 0) is 4.74 Å². The third-order valence-electron chi connectivity index (χ3n) is 2.63. The van der Waals surface area contributed by atoms with Gasteiger partial charge >= 0.3 is 6.09 Å². The zero-order valence-corrected chi connectivity index (χ0v) is 10.6. The quantitative estimate of drug-likeness (QED) is 0.836. The normalized spacial score (nSPS) is 16.2. The van der Waals surface area contributed by atoms with Crippen molar-refractivity contribution in [3.63, 3.8) is 0 Å². The van der Waals surface area contributed by atoms with E-state index in [-0.39, 0.29) is 12.4 Å². The molecular formula is C13H15FN2O3. The molecule has 2 rings (SSSR count). The van der Waals surface area contributed by atoms with Crippen LogP contribution in [0.2, 0.25) is 0 Å². The Morgan fingerprint density at radius 3 is 3.21 bits per heavy atom. The van der Waals surface area contributed by atoms with Crippen LogP contribution in [-0.4, -0.2) is 25.0 Å². The minimum absolute atomic E-state index is 0.269. The average molecular weight is 266 g/mol. The van der Waals surface area contributed by atoms with Gasteiger partial charge in [-0.2, -0.15) is 5.10 Å². The Morgan fingerprint density at radius 2 is 2.42 bits per heavy atom. The lowest BCUT2D eigenvalue weighted by atomic mass is 10.1. The van der Waals surface area contributed by atoms with Gasteiger partial charge in [-0.05, 0) is 38.0 Å².